The van der Waals surface area contributed by atoms with Gasteiger partial charge in [0.1, 0.15) is 0 Å². The SMILES string of the molecule is CC(=O)N1C[C@H](c2ccccc2)CC1=O. The molecule has 0 saturated carbocycles. The van der Waals surface area contributed by atoms with E-state index in [0.717, 1.165) is 5.56 Å². The van der Waals surface area contributed by atoms with Crippen LogP contribution >= 0.6 is 0 Å². The van der Waals surface area contributed by atoms with Gasteiger partial charge in [0.05, 0.1) is 0 Å². The van der Waals surface area contributed by atoms with Crippen LogP contribution in [0.25, 0.3) is 0 Å². The van der Waals surface area contributed by atoms with Gasteiger partial charge in [0.25, 0.3) is 0 Å². The molecular weight excluding hydrogens is 190 g/mol. The summed E-state index contributed by atoms with van der Waals surface area (Å²) in [6.45, 7) is 1.96. The Morgan fingerprint density at radius 2 is 2.00 bits per heavy atom. The highest BCUT2D eigenvalue weighted by Gasteiger charge is 2.32. The van der Waals surface area contributed by atoms with Gasteiger partial charge in [-0.05, 0) is 5.56 Å². The molecule has 1 atom stereocenters. The molecular formula is C12H13NO2. The number of likely N-dealkylation sites (tertiary alicyclic amines) is 1. The Morgan fingerprint density at radius 3 is 2.53 bits per heavy atom. The van der Waals surface area contributed by atoms with Gasteiger partial charge in [-0.15, -0.1) is 0 Å². The maximum Gasteiger partial charge on any atom is 0.229 e. The molecule has 3 heteroatoms. The summed E-state index contributed by atoms with van der Waals surface area (Å²) in [5.41, 5.74) is 1.13. The first kappa shape index (κ1) is 9.90. The second-order valence-electron chi connectivity index (χ2n) is 3.84. The Hall–Kier alpha value is -1.64. The first-order valence-electron chi connectivity index (χ1n) is 5.04. The molecule has 2 amide bonds. The lowest BCUT2D eigenvalue weighted by Gasteiger charge is -2.11. The third-order valence-electron chi connectivity index (χ3n) is 2.78. The van der Waals surface area contributed by atoms with Crippen molar-refractivity contribution in [2.75, 3.05) is 6.54 Å². The highest BCUT2D eigenvalue weighted by molar-refractivity contribution is 5.96. The summed E-state index contributed by atoms with van der Waals surface area (Å²) in [5.74, 6) is -0.0441. The van der Waals surface area contributed by atoms with E-state index in [-0.39, 0.29) is 17.7 Å². The van der Waals surface area contributed by atoms with E-state index in [1.54, 1.807) is 0 Å². The van der Waals surface area contributed by atoms with Crippen LogP contribution in [-0.4, -0.2) is 23.3 Å². The van der Waals surface area contributed by atoms with E-state index in [1.165, 1.54) is 11.8 Å². The van der Waals surface area contributed by atoms with Crippen LogP contribution in [0.3, 0.4) is 0 Å². The zero-order valence-electron chi connectivity index (χ0n) is 8.64. The van der Waals surface area contributed by atoms with Crippen LogP contribution in [-0.2, 0) is 9.59 Å². The number of hydrogen-bond donors (Lipinski definition) is 0. The third-order valence-corrected chi connectivity index (χ3v) is 2.78. The Morgan fingerprint density at radius 1 is 1.33 bits per heavy atom. The van der Waals surface area contributed by atoms with Crippen molar-refractivity contribution < 1.29 is 9.59 Å². The molecule has 1 aromatic rings. The molecule has 0 aliphatic carbocycles. The maximum absolute atomic E-state index is 11.5. The number of carbonyl (C=O) groups excluding carboxylic acids is 2. The van der Waals surface area contributed by atoms with E-state index in [0.29, 0.717) is 13.0 Å². The summed E-state index contributed by atoms with van der Waals surface area (Å²) >= 11 is 0. The molecule has 2 rings (SSSR count). The molecule has 0 bridgehead atoms. The lowest BCUT2D eigenvalue weighted by atomic mass is 9.99. The fraction of sp³-hybridized carbons (Fsp3) is 0.333. The molecule has 1 heterocycles. The number of amides is 2. The number of hydrogen-bond acceptors (Lipinski definition) is 2. The Kier molecular flexibility index (Phi) is 2.54. The lowest BCUT2D eigenvalue weighted by molar-refractivity contribution is -0.140. The summed E-state index contributed by atoms with van der Waals surface area (Å²) in [6.07, 6.45) is 0.448. The molecule has 78 valence electrons. The standard InChI is InChI=1S/C12H13NO2/c1-9(14)13-8-11(7-12(13)15)10-5-3-2-4-6-10/h2-6,11H,7-8H2,1H3/t11-/m1/s1. The van der Waals surface area contributed by atoms with Crippen molar-refractivity contribution >= 4 is 11.8 Å². The Balaban J connectivity index is 2.16. The van der Waals surface area contributed by atoms with E-state index < -0.39 is 0 Å². The number of rotatable bonds is 1. The van der Waals surface area contributed by atoms with Crippen molar-refractivity contribution in [2.45, 2.75) is 19.3 Å². The van der Waals surface area contributed by atoms with Crippen molar-refractivity contribution in [1.29, 1.82) is 0 Å². The largest absolute Gasteiger partial charge is 0.282 e. The number of imide groups is 1. The average molecular weight is 203 g/mol. The molecule has 1 aliphatic heterocycles. The number of carbonyl (C=O) groups is 2. The van der Waals surface area contributed by atoms with Crippen LogP contribution in [0.1, 0.15) is 24.8 Å². The van der Waals surface area contributed by atoms with Gasteiger partial charge in [0.2, 0.25) is 11.8 Å². The summed E-state index contributed by atoms with van der Waals surface area (Å²) in [4.78, 5) is 24.0. The van der Waals surface area contributed by atoms with Crippen LogP contribution in [0.2, 0.25) is 0 Å². The average Bonchev–Trinajstić information content (AvgIpc) is 2.62. The van der Waals surface area contributed by atoms with Crippen LogP contribution in [0, 0.1) is 0 Å². The van der Waals surface area contributed by atoms with Crippen molar-refractivity contribution in [3.05, 3.63) is 35.9 Å². The summed E-state index contributed by atoms with van der Waals surface area (Å²) in [7, 11) is 0. The zero-order valence-corrected chi connectivity index (χ0v) is 8.64. The highest BCUT2D eigenvalue weighted by Crippen LogP contribution is 2.27. The molecule has 1 saturated heterocycles. The van der Waals surface area contributed by atoms with Gasteiger partial charge in [-0.1, -0.05) is 30.3 Å². The van der Waals surface area contributed by atoms with Crippen LogP contribution in [0.15, 0.2) is 30.3 Å². The topological polar surface area (TPSA) is 37.4 Å². The highest BCUT2D eigenvalue weighted by atomic mass is 16.2. The van der Waals surface area contributed by atoms with Gasteiger partial charge in [-0.25, -0.2) is 0 Å². The van der Waals surface area contributed by atoms with E-state index >= 15 is 0 Å². The first-order valence-corrected chi connectivity index (χ1v) is 5.04. The van der Waals surface area contributed by atoms with E-state index in [9.17, 15) is 9.59 Å². The molecule has 1 aromatic carbocycles. The number of benzene rings is 1. The minimum atomic E-state index is -0.154. The summed E-state index contributed by atoms with van der Waals surface area (Å²) < 4.78 is 0. The fourth-order valence-electron chi connectivity index (χ4n) is 1.96. The van der Waals surface area contributed by atoms with Gasteiger partial charge >= 0.3 is 0 Å². The van der Waals surface area contributed by atoms with Crippen molar-refractivity contribution in [2.24, 2.45) is 0 Å². The molecule has 0 spiro atoms. The van der Waals surface area contributed by atoms with Gasteiger partial charge in [0, 0.05) is 25.8 Å². The second kappa shape index (κ2) is 3.85. The maximum atomic E-state index is 11.5. The number of nitrogens with zero attached hydrogens (tertiary/aromatic N) is 1. The lowest BCUT2D eigenvalue weighted by Crippen LogP contribution is -2.29. The van der Waals surface area contributed by atoms with Crippen LogP contribution < -0.4 is 0 Å². The van der Waals surface area contributed by atoms with Crippen LogP contribution in [0.4, 0.5) is 0 Å². The summed E-state index contributed by atoms with van der Waals surface area (Å²) in [6, 6.07) is 9.86. The minimum Gasteiger partial charge on any atom is -0.282 e. The minimum absolute atomic E-state index is 0.0589. The van der Waals surface area contributed by atoms with Gasteiger partial charge in [-0.3, -0.25) is 14.5 Å². The molecule has 15 heavy (non-hydrogen) atoms. The van der Waals surface area contributed by atoms with Crippen LogP contribution in [0.5, 0.6) is 0 Å². The Bertz CT molecular complexity index is 386. The smallest absolute Gasteiger partial charge is 0.229 e. The predicted molar refractivity (Wildman–Crippen MR) is 56.2 cm³/mol. The van der Waals surface area contributed by atoms with Gasteiger partial charge < -0.3 is 0 Å². The quantitative estimate of drug-likeness (QED) is 0.694. The first-order chi connectivity index (χ1) is 7.18. The molecule has 0 aromatic heterocycles. The molecule has 1 aliphatic rings. The monoisotopic (exact) mass is 203 g/mol. The van der Waals surface area contributed by atoms with Gasteiger partial charge in [0.15, 0.2) is 0 Å². The van der Waals surface area contributed by atoms with E-state index in [4.69, 9.17) is 0 Å². The van der Waals surface area contributed by atoms with E-state index in [2.05, 4.69) is 0 Å². The van der Waals surface area contributed by atoms with Crippen molar-refractivity contribution in [3.63, 3.8) is 0 Å². The molecule has 0 unspecified atom stereocenters. The molecule has 0 N–H and O–H groups in total. The zero-order chi connectivity index (χ0) is 10.8. The Labute approximate surface area is 88.7 Å². The van der Waals surface area contributed by atoms with Crippen molar-refractivity contribution in [3.8, 4) is 0 Å². The van der Waals surface area contributed by atoms with Crippen molar-refractivity contribution in [1.82, 2.24) is 4.90 Å². The molecule has 0 radical (unpaired) electrons. The molecule has 3 nitrogen and oxygen atoms in total. The van der Waals surface area contributed by atoms with Gasteiger partial charge in [-0.2, -0.15) is 0 Å². The molecule has 1 fully saturated rings. The normalized spacial score (nSPS) is 20.7. The summed E-state index contributed by atoms with van der Waals surface area (Å²) in [5, 5.41) is 0. The predicted octanol–water partition coefficient (Wildman–Crippen LogP) is 1.55. The fourth-order valence-corrected chi connectivity index (χ4v) is 1.96. The second-order valence-corrected chi connectivity index (χ2v) is 3.84. The van der Waals surface area contributed by atoms with E-state index in [1.807, 2.05) is 30.3 Å². The third kappa shape index (κ3) is 1.91.